The van der Waals surface area contributed by atoms with Gasteiger partial charge >= 0.3 is 0 Å². The molecule has 1 aromatic carbocycles. The quantitative estimate of drug-likeness (QED) is 0.487. The molecular weight excluding hydrogens is 260 g/mol. The van der Waals surface area contributed by atoms with Gasteiger partial charge in [0.2, 0.25) is 0 Å². The van der Waals surface area contributed by atoms with Crippen LogP contribution in [0, 0.1) is 19.3 Å². The Balaban J connectivity index is 0. The fourth-order valence-electron chi connectivity index (χ4n) is 1.85. The molecular formula is C18H34N2O. The molecule has 0 aliphatic rings. The van der Waals surface area contributed by atoms with Crippen LogP contribution < -0.4 is 5.84 Å². The summed E-state index contributed by atoms with van der Waals surface area (Å²) in [5.74, 6) is 5.70. The Hall–Kier alpha value is -1.35. The molecule has 1 aromatic rings. The zero-order chi connectivity index (χ0) is 17.2. The Bertz CT molecular complexity index is 399. The van der Waals surface area contributed by atoms with E-state index < -0.39 is 0 Å². The molecule has 0 aliphatic carbocycles. The number of rotatable bonds is 2. The molecule has 2 N–H and O–H groups in total. The summed E-state index contributed by atoms with van der Waals surface area (Å²) < 4.78 is 0. The van der Waals surface area contributed by atoms with Gasteiger partial charge in [0.05, 0.1) is 0 Å². The molecule has 0 saturated heterocycles. The van der Waals surface area contributed by atoms with Crippen LogP contribution >= 0.6 is 0 Å². The van der Waals surface area contributed by atoms with Crippen molar-refractivity contribution < 1.29 is 4.79 Å². The standard InChI is InChI=1S/C14H22N2O.2C2H6/c1-10-6-11(2)8-12(7-10)13(17)16(15)9-14(3,4)5;2*1-2/h6-8H,9,15H2,1-5H3;2*1-2H3. The predicted octanol–water partition coefficient (Wildman–Crippen LogP) is 4.72. The van der Waals surface area contributed by atoms with Crippen molar-refractivity contribution in [2.45, 2.75) is 62.3 Å². The number of carbonyl (C=O) groups is 1. The van der Waals surface area contributed by atoms with Gasteiger partial charge in [-0.3, -0.25) is 9.80 Å². The second-order valence-electron chi connectivity index (χ2n) is 5.87. The number of aryl methyl sites for hydroxylation is 2. The Morgan fingerprint density at radius 1 is 1.00 bits per heavy atom. The first kappa shape index (κ1) is 21.9. The number of nitrogens with two attached hydrogens (primary N) is 1. The maximum atomic E-state index is 12.1. The van der Waals surface area contributed by atoms with E-state index in [1.54, 1.807) is 0 Å². The number of carbonyl (C=O) groups excluding carboxylic acids is 1. The van der Waals surface area contributed by atoms with Crippen molar-refractivity contribution in [3.05, 3.63) is 34.9 Å². The molecule has 0 spiro atoms. The third kappa shape index (κ3) is 9.24. The molecule has 0 fully saturated rings. The van der Waals surface area contributed by atoms with E-state index in [4.69, 9.17) is 5.84 Å². The summed E-state index contributed by atoms with van der Waals surface area (Å²) in [6.45, 7) is 18.7. The first-order chi connectivity index (χ1) is 9.69. The molecule has 0 aliphatic heterocycles. The van der Waals surface area contributed by atoms with E-state index in [-0.39, 0.29) is 11.3 Å². The number of benzene rings is 1. The van der Waals surface area contributed by atoms with Gasteiger partial charge in [0.15, 0.2) is 0 Å². The van der Waals surface area contributed by atoms with Gasteiger partial charge in [0.25, 0.3) is 5.91 Å². The second-order valence-corrected chi connectivity index (χ2v) is 5.87. The van der Waals surface area contributed by atoms with Crippen molar-refractivity contribution >= 4 is 5.91 Å². The van der Waals surface area contributed by atoms with E-state index in [2.05, 4.69) is 20.8 Å². The van der Waals surface area contributed by atoms with Gasteiger partial charge < -0.3 is 0 Å². The number of hydrogen-bond donors (Lipinski definition) is 1. The molecule has 0 atom stereocenters. The van der Waals surface area contributed by atoms with Crippen LogP contribution in [-0.4, -0.2) is 17.5 Å². The summed E-state index contributed by atoms with van der Waals surface area (Å²) in [4.78, 5) is 12.1. The largest absolute Gasteiger partial charge is 0.276 e. The van der Waals surface area contributed by atoms with E-state index in [1.165, 1.54) is 5.01 Å². The highest BCUT2D eigenvalue weighted by atomic mass is 16.2. The topological polar surface area (TPSA) is 46.3 Å². The minimum Gasteiger partial charge on any atom is -0.276 e. The molecule has 0 aromatic heterocycles. The van der Waals surface area contributed by atoms with Crippen molar-refractivity contribution in [2.75, 3.05) is 6.54 Å². The molecule has 0 radical (unpaired) electrons. The van der Waals surface area contributed by atoms with Crippen LogP contribution in [0.4, 0.5) is 0 Å². The second kappa shape index (κ2) is 10.4. The zero-order valence-electron chi connectivity index (χ0n) is 15.4. The summed E-state index contributed by atoms with van der Waals surface area (Å²) in [6.07, 6.45) is 0. The highest BCUT2D eigenvalue weighted by Crippen LogP contribution is 2.16. The van der Waals surface area contributed by atoms with E-state index in [1.807, 2.05) is 59.7 Å². The lowest BCUT2D eigenvalue weighted by molar-refractivity contribution is 0.0695. The molecule has 0 bridgehead atoms. The fraction of sp³-hybridized carbons (Fsp3) is 0.611. The number of nitrogens with zero attached hydrogens (tertiary/aromatic N) is 1. The number of hydrazine groups is 1. The van der Waals surface area contributed by atoms with Gasteiger partial charge in [-0.25, -0.2) is 5.84 Å². The van der Waals surface area contributed by atoms with Crippen molar-refractivity contribution in [2.24, 2.45) is 11.3 Å². The fourth-order valence-corrected chi connectivity index (χ4v) is 1.85. The number of hydrogen-bond acceptors (Lipinski definition) is 2. The van der Waals surface area contributed by atoms with E-state index in [0.29, 0.717) is 12.1 Å². The molecule has 1 rings (SSSR count). The SMILES string of the molecule is CC.CC.Cc1cc(C)cc(C(=O)N(N)CC(C)(C)C)c1. The summed E-state index contributed by atoms with van der Waals surface area (Å²) in [5, 5.41) is 1.30. The van der Waals surface area contributed by atoms with Gasteiger partial charge in [-0.05, 0) is 31.4 Å². The maximum Gasteiger partial charge on any atom is 0.267 e. The van der Waals surface area contributed by atoms with E-state index >= 15 is 0 Å². The van der Waals surface area contributed by atoms with Gasteiger partial charge in [-0.15, -0.1) is 0 Å². The minimum absolute atomic E-state index is 0.00325. The normalized spacial score (nSPS) is 9.81. The van der Waals surface area contributed by atoms with Crippen LogP contribution in [0.3, 0.4) is 0 Å². The van der Waals surface area contributed by atoms with Gasteiger partial charge in [-0.2, -0.15) is 0 Å². The number of amides is 1. The highest BCUT2D eigenvalue weighted by molar-refractivity contribution is 5.94. The van der Waals surface area contributed by atoms with Crippen molar-refractivity contribution in [1.82, 2.24) is 5.01 Å². The van der Waals surface area contributed by atoms with Crippen LogP contribution in [0.5, 0.6) is 0 Å². The van der Waals surface area contributed by atoms with Crippen LogP contribution in [0.1, 0.15) is 70.0 Å². The molecule has 21 heavy (non-hydrogen) atoms. The van der Waals surface area contributed by atoms with Crippen LogP contribution in [0.2, 0.25) is 0 Å². The molecule has 0 saturated carbocycles. The third-order valence-corrected chi connectivity index (χ3v) is 2.37. The van der Waals surface area contributed by atoms with Gasteiger partial charge in [0.1, 0.15) is 0 Å². The monoisotopic (exact) mass is 294 g/mol. The van der Waals surface area contributed by atoms with E-state index in [9.17, 15) is 4.79 Å². The summed E-state index contributed by atoms with van der Waals surface area (Å²) in [6, 6.07) is 5.79. The molecule has 1 amide bonds. The first-order valence-electron chi connectivity index (χ1n) is 7.84. The summed E-state index contributed by atoms with van der Waals surface area (Å²) in [7, 11) is 0. The first-order valence-corrected chi connectivity index (χ1v) is 7.84. The smallest absolute Gasteiger partial charge is 0.267 e. The highest BCUT2D eigenvalue weighted by Gasteiger charge is 2.19. The maximum absolute atomic E-state index is 12.1. The Labute approximate surface area is 131 Å². The van der Waals surface area contributed by atoms with Gasteiger partial charge in [0, 0.05) is 12.1 Å². The lowest BCUT2D eigenvalue weighted by Gasteiger charge is -2.26. The summed E-state index contributed by atoms with van der Waals surface area (Å²) >= 11 is 0. The molecule has 3 nitrogen and oxygen atoms in total. The van der Waals surface area contributed by atoms with Crippen LogP contribution in [0.25, 0.3) is 0 Å². The predicted molar refractivity (Wildman–Crippen MR) is 93.3 cm³/mol. The Kier molecular flexibility index (Phi) is 10.9. The lowest BCUT2D eigenvalue weighted by Crippen LogP contribution is -2.42. The minimum atomic E-state index is -0.119. The van der Waals surface area contributed by atoms with Crippen LogP contribution in [-0.2, 0) is 0 Å². The van der Waals surface area contributed by atoms with Crippen molar-refractivity contribution in [1.29, 1.82) is 0 Å². The van der Waals surface area contributed by atoms with Gasteiger partial charge in [-0.1, -0.05) is 65.7 Å². The Morgan fingerprint density at radius 3 is 1.71 bits per heavy atom. The average Bonchev–Trinajstić information content (AvgIpc) is 2.39. The summed E-state index contributed by atoms with van der Waals surface area (Å²) in [5.41, 5.74) is 2.83. The molecule has 3 heteroatoms. The molecule has 122 valence electrons. The van der Waals surface area contributed by atoms with E-state index in [0.717, 1.165) is 11.1 Å². The molecule has 0 unspecified atom stereocenters. The molecule has 0 heterocycles. The van der Waals surface area contributed by atoms with Crippen molar-refractivity contribution in [3.63, 3.8) is 0 Å². The zero-order valence-corrected chi connectivity index (χ0v) is 15.4. The Morgan fingerprint density at radius 2 is 1.38 bits per heavy atom. The lowest BCUT2D eigenvalue weighted by atomic mass is 9.96. The van der Waals surface area contributed by atoms with Crippen LogP contribution in [0.15, 0.2) is 18.2 Å². The average molecular weight is 294 g/mol. The van der Waals surface area contributed by atoms with Crippen molar-refractivity contribution in [3.8, 4) is 0 Å². The third-order valence-electron chi connectivity index (χ3n) is 2.37.